The van der Waals surface area contributed by atoms with Gasteiger partial charge in [0.15, 0.2) is 0 Å². The number of hydrogen-bond donors (Lipinski definition) is 2. The Bertz CT molecular complexity index is 846. The first-order chi connectivity index (χ1) is 14.1. The smallest absolute Gasteiger partial charge is 0.338 e. The molecule has 7 nitrogen and oxygen atoms in total. The van der Waals surface area contributed by atoms with E-state index in [1.165, 1.54) is 11.3 Å². The minimum atomic E-state index is -0.568. The Labute approximate surface area is 174 Å². The van der Waals surface area contributed by atoms with Crippen LogP contribution < -0.4 is 10.6 Å². The van der Waals surface area contributed by atoms with Crippen LogP contribution in [0.5, 0.6) is 0 Å². The summed E-state index contributed by atoms with van der Waals surface area (Å²) in [5, 5.41) is 5.89. The lowest BCUT2D eigenvalue weighted by atomic mass is 9.95. The molecule has 1 saturated carbocycles. The molecule has 4 rings (SSSR count). The van der Waals surface area contributed by atoms with Crippen LogP contribution in [0.15, 0.2) is 40.4 Å². The van der Waals surface area contributed by atoms with Crippen LogP contribution in [-0.4, -0.2) is 48.3 Å². The van der Waals surface area contributed by atoms with Gasteiger partial charge in [-0.2, -0.15) is 0 Å². The molecule has 2 N–H and O–H groups in total. The van der Waals surface area contributed by atoms with Crippen molar-refractivity contribution in [3.63, 3.8) is 0 Å². The van der Waals surface area contributed by atoms with Crippen molar-refractivity contribution in [1.29, 1.82) is 0 Å². The van der Waals surface area contributed by atoms with Gasteiger partial charge in [0.2, 0.25) is 5.91 Å². The molecule has 0 saturated heterocycles. The first-order valence-corrected chi connectivity index (χ1v) is 11.2. The molecule has 3 aliphatic rings. The van der Waals surface area contributed by atoms with Gasteiger partial charge in [0, 0.05) is 10.9 Å². The van der Waals surface area contributed by atoms with E-state index in [9.17, 15) is 14.4 Å². The maximum atomic E-state index is 12.8. The Morgan fingerprint density at radius 2 is 1.93 bits per heavy atom. The molecule has 3 amide bonds. The van der Waals surface area contributed by atoms with Crippen molar-refractivity contribution in [2.75, 3.05) is 19.4 Å². The van der Waals surface area contributed by atoms with Crippen LogP contribution in [0.1, 0.15) is 43.7 Å². The number of carbonyl (C=O) groups excluding carboxylic acids is 3. The Morgan fingerprint density at radius 3 is 2.62 bits per heavy atom. The highest BCUT2D eigenvalue weighted by atomic mass is 32.2. The Morgan fingerprint density at radius 1 is 1.21 bits per heavy atom. The topological polar surface area (TPSA) is 87.7 Å². The van der Waals surface area contributed by atoms with Gasteiger partial charge >= 0.3 is 12.0 Å². The zero-order valence-corrected chi connectivity index (χ0v) is 17.2. The van der Waals surface area contributed by atoms with Crippen LogP contribution in [0.2, 0.25) is 0 Å². The van der Waals surface area contributed by atoms with Gasteiger partial charge in [-0.25, -0.2) is 9.59 Å². The summed E-state index contributed by atoms with van der Waals surface area (Å²) in [5.74, 6) is -0.655. The largest absolute Gasteiger partial charge is 0.456 e. The standard InChI is InChI=1S/C21H25N3O4S/c1-29-15-9-7-13(8-10-15)19-18-16(12-28-20(18)26)24(21(27)23-19)11-17(25)22-14-5-3-2-4-6-14/h7-10,14,19H,2-6,11-12H2,1H3,(H,22,25)(H,23,27). The van der Waals surface area contributed by atoms with E-state index in [2.05, 4.69) is 10.6 Å². The molecular weight excluding hydrogens is 390 g/mol. The third-order valence-electron chi connectivity index (χ3n) is 5.72. The van der Waals surface area contributed by atoms with E-state index in [1.807, 2.05) is 30.5 Å². The van der Waals surface area contributed by atoms with Crippen LogP contribution in [0.4, 0.5) is 4.79 Å². The molecule has 8 heteroatoms. The van der Waals surface area contributed by atoms with Gasteiger partial charge in [-0.3, -0.25) is 9.69 Å². The molecule has 1 aromatic rings. The van der Waals surface area contributed by atoms with Crippen molar-refractivity contribution in [3.8, 4) is 0 Å². The summed E-state index contributed by atoms with van der Waals surface area (Å²) in [6, 6.07) is 6.92. The van der Waals surface area contributed by atoms with E-state index in [0.717, 1.165) is 36.1 Å². The van der Waals surface area contributed by atoms with E-state index in [1.54, 1.807) is 11.8 Å². The number of hydrogen-bond acceptors (Lipinski definition) is 5. The van der Waals surface area contributed by atoms with Crippen molar-refractivity contribution in [2.24, 2.45) is 0 Å². The summed E-state index contributed by atoms with van der Waals surface area (Å²) in [7, 11) is 0. The van der Waals surface area contributed by atoms with E-state index >= 15 is 0 Å². The quantitative estimate of drug-likeness (QED) is 0.570. The third-order valence-corrected chi connectivity index (χ3v) is 6.46. The van der Waals surface area contributed by atoms with E-state index in [4.69, 9.17) is 4.74 Å². The third kappa shape index (κ3) is 4.12. The minimum absolute atomic E-state index is 0.0116. The molecule has 1 atom stereocenters. The second-order valence-electron chi connectivity index (χ2n) is 7.58. The normalized spacial score (nSPS) is 22.2. The molecule has 1 unspecified atom stereocenters. The lowest BCUT2D eigenvalue weighted by Gasteiger charge is -2.33. The summed E-state index contributed by atoms with van der Waals surface area (Å²) in [4.78, 5) is 40.2. The molecule has 1 fully saturated rings. The van der Waals surface area contributed by atoms with Gasteiger partial charge < -0.3 is 15.4 Å². The summed E-state index contributed by atoms with van der Waals surface area (Å²) >= 11 is 1.62. The lowest BCUT2D eigenvalue weighted by Crippen LogP contribution is -2.51. The highest BCUT2D eigenvalue weighted by Gasteiger charge is 2.42. The molecule has 0 bridgehead atoms. The minimum Gasteiger partial charge on any atom is -0.456 e. The Balaban J connectivity index is 1.54. The van der Waals surface area contributed by atoms with Crippen molar-refractivity contribution >= 4 is 29.7 Å². The van der Waals surface area contributed by atoms with Crippen molar-refractivity contribution in [3.05, 3.63) is 41.1 Å². The van der Waals surface area contributed by atoms with Gasteiger partial charge in [0.1, 0.15) is 13.2 Å². The van der Waals surface area contributed by atoms with Crippen molar-refractivity contribution in [1.82, 2.24) is 15.5 Å². The average molecular weight is 416 g/mol. The van der Waals surface area contributed by atoms with Crippen LogP contribution >= 0.6 is 11.8 Å². The van der Waals surface area contributed by atoms with E-state index in [0.29, 0.717) is 11.3 Å². The van der Waals surface area contributed by atoms with Crippen molar-refractivity contribution in [2.45, 2.75) is 49.1 Å². The molecule has 0 spiro atoms. The Hall–Kier alpha value is -2.48. The number of ether oxygens (including phenoxy) is 1. The molecule has 154 valence electrons. The average Bonchev–Trinajstić information content (AvgIpc) is 3.12. The molecule has 1 aromatic carbocycles. The second-order valence-corrected chi connectivity index (χ2v) is 8.46. The zero-order valence-electron chi connectivity index (χ0n) is 16.4. The number of nitrogens with zero attached hydrogens (tertiary/aromatic N) is 1. The highest BCUT2D eigenvalue weighted by Crippen LogP contribution is 2.35. The number of nitrogens with one attached hydrogen (secondary N) is 2. The fraction of sp³-hybridized carbons (Fsp3) is 0.476. The zero-order chi connectivity index (χ0) is 20.4. The molecular formula is C21H25N3O4S. The molecule has 2 aliphatic heterocycles. The number of cyclic esters (lactones) is 1. The van der Waals surface area contributed by atoms with Crippen LogP contribution in [0.25, 0.3) is 0 Å². The summed E-state index contributed by atoms with van der Waals surface area (Å²) in [6.07, 6.45) is 7.37. The summed E-state index contributed by atoms with van der Waals surface area (Å²) in [5.41, 5.74) is 1.71. The molecule has 0 aromatic heterocycles. The summed E-state index contributed by atoms with van der Waals surface area (Å²) < 4.78 is 5.22. The van der Waals surface area contributed by atoms with Gasteiger partial charge in [-0.05, 0) is 36.8 Å². The van der Waals surface area contributed by atoms with Crippen molar-refractivity contribution < 1.29 is 19.1 Å². The van der Waals surface area contributed by atoms with Gasteiger partial charge in [0.25, 0.3) is 0 Å². The fourth-order valence-electron chi connectivity index (χ4n) is 4.19. The fourth-order valence-corrected chi connectivity index (χ4v) is 4.60. The number of thioether (sulfide) groups is 1. The first kappa shape index (κ1) is 19.8. The predicted octanol–water partition coefficient (Wildman–Crippen LogP) is 2.73. The molecule has 0 radical (unpaired) electrons. The number of rotatable bonds is 5. The number of urea groups is 1. The van der Waals surface area contributed by atoms with Crippen LogP contribution in [0.3, 0.4) is 0 Å². The number of carbonyl (C=O) groups is 3. The predicted molar refractivity (Wildman–Crippen MR) is 109 cm³/mol. The number of benzene rings is 1. The van der Waals surface area contributed by atoms with Gasteiger partial charge in [0.05, 0.1) is 17.3 Å². The molecule has 1 aliphatic carbocycles. The van der Waals surface area contributed by atoms with E-state index < -0.39 is 12.0 Å². The number of amides is 3. The summed E-state index contributed by atoms with van der Waals surface area (Å²) in [6.45, 7) is -0.104. The molecule has 2 heterocycles. The number of esters is 1. The lowest BCUT2D eigenvalue weighted by molar-refractivity contribution is -0.136. The monoisotopic (exact) mass is 415 g/mol. The van der Waals surface area contributed by atoms with Crippen LogP contribution in [-0.2, 0) is 14.3 Å². The van der Waals surface area contributed by atoms with Gasteiger partial charge in [-0.15, -0.1) is 11.8 Å². The second kappa shape index (κ2) is 8.49. The maximum Gasteiger partial charge on any atom is 0.338 e. The maximum absolute atomic E-state index is 12.8. The molecule has 29 heavy (non-hydrogen) atoms. The van der Waals surface area contributed by atoms with E-state index in [-0.39, 0.29) is 31.1 Å². The highest BCUT2D eigenvalue weighted by molar-refractivity contribution is 7.98. The first-order valence-electron chi connectivity index (χ1n) is 9.98. The SMILES string of the molecule is CSc1ccc(C2NC(=O)N(CC(=O)NC3CCCCC3)C3=C2C(=O)OC3)cc1. The van der Waals surface area contributed by atoms with Gasteiger partial charge in [-0.1, -0.05) is 31.4 Å². The van der Waals surface area contributed by atoms with Crippen LogP contribution in [0, 0.1) is 0 Å². The Kier molecular flexibility index (Phi) is 5.80.